The van der Waals surface area contributed by atoms with Crippen molar-refractivity contribution in [2.75, 3.05) is 11.4 Å². The highest BCUT2D eigenvalue weighted by Gasteiger charge is 2.24. The van der Waals surface area contributed by atoms with Crippen LogP contribution in [0.3, 0.4) is 0 Å². The topological polar surface area (TPSA) is 93.9 Å². The monoisotopic (exact) mass is 390 g/mol. The minimum Gasteiger partial charge on any atom is -0.299 e. The maximum atomic E-state index is 12.6. The number of carbonyl (C=O) groups is 2. The van der Waals surface area contributed by atoms with Crippen molar-refractivity contribution in [1.29, 1.82) is 0 Å². The quantitative estimate of drug-likeness (QED) is 0.641. The van der Waals surface area contributed by atoms with Gasteiger partial charge in [0.25, 0.3) is 0 Å². The Morgan fingerprint density at radius 1 is 1.03 bits per heavy atom. The number of aryl methyl sites for hydroxylation is 2. The molecule has 29 heavy (non-hydrogen) atoms. The van der Waals surface area contributed by atoms with Gasteiger partial charge in [-0.3, -0.25) is 19.5 Å². The Labute approximate surface area is 168 Å². The molecule has 0 bridgehead atoms. The molecule has 1 aliphatic rings. The van der Waals surface area contributed by atoms with Gasteiger partial charge in [0, 0.05) is 73.8 Å². The van der Waals surface area contributed by atoms with E-state index < -0.39 is 0 Å². The van der Waals surface area contributed by atoms with Crippen molar-refractivity contribution >= 4 is 17.5 Å². The van der Waals surface area contributed by atoms with Gasteiger partial charge in [0.05, 0.1) is 5.69 Å². The number of nitrogens with zero attached hydrogens (tertiary/aromatic N) is 6. The van der Waals surface area contributed by atoms with E-state index in [2.05, 4.69) is 20.1 Å². The molecule has 0 spiro atoms. The molecule has 0 unspecified atom stereocenters. The number of amides is 1. The number of hydrogen-bond donors (Lipinski definition) is 0. The lowest BCUT2D eigenvalue weighted by Gasteiger charge is -2.27. The van der Waals surface area contributed by atoms with Crippen LogP contribution in [0.4, 0.5) is 5.82 Å². The molecule has 8 heteroatoms. The Morgan fingerprint density at radius 3 is 2.62 bits per heavy atom. The molecule has 4 heterocycles. The predicted molar refractivity (Wildman–Crippen MR) is 107 cm³/mol. The van der Waals surface area contributed by atoms with Crippen molar-refractivity contribution in [3.8, 4) is 11.1 Å². The van der Waals surface area contributed by atoms with Crippen molar-refractivity contribution in [3.63, 3.8) is 0 Å². The summed E-state index contributed by atoms with van der Waals surface area (Å²) in [6.45, 7) is 3.41. The average molecular weight is 390 g/mol. The molecule has 1 aliphatic heterocycles. The predicted octanol–water partition coefficient (Wildman–Crippen LogP) is 2.37. The smallest absolute Gasteiger partial charge is 0.228 e. The zero-order chi connectivity index (χ0) is 20.2. The Bertz CT molecular complexity index is 1010. The van der Waals surface area contributed by atoms with Gasteiger partial charge in [0.2, 0.25) is 5.91 Å². The van der Waals surface area contributed by atoms with Crippen LogP contribution >= 0.6 is 0 Å². The van der Waals surface area contributed by atoms with E-state index in [1.165, 1.54) is 6.33 Å². The van der Waals surface area contributed by atoms with Crippen LogP contribution in [-0.2, 0) is 22.6 Å². The van der Waals surface area contributed by atoms with Crippen LogP contribution in [0.25, 0.3) is 11.1 Å². The first kappa shape index (κ1) is 18.9. The highest BCUT2D eigenvalue weighted by molar-refractivity contribution is 5.95. The van der Waals surface area contributed by atoms with Gasteiger partial charge >= 0.3 is 0 Å². The molecule has 0 saturated heterocycles. The van der Waals surface area contributed by atoms with E-state index in [4.69, 9.17) is 0 Å². The number of carbonyl (C=O) groups excluding carboxylic acids is 2. The molecule has 0 aliphatic carbocycles. The van der Waals surface area contributed by atoms with Crippen LogP contribution < -0.4 is 4.90 Å². The van der Waals surface area contributed by atoms with Gasteiger partial charge in [-0.1, -0.05) is 6.07 Å². The summed E-state index contributed by atoms with van der Waals surface area (Å²) in [7, 11) is 0. The standard InChI is InChI=1S/C21H22N6O2/c1-15-9-20-26(7-2-8-27(20)25-15)21(29)6-5-19(28)10-18-4-3-16(13-24-18)17-11-22-14-23-12-17/h3-4,9,11-14H,2,5-8,10H2,1H3. The van der Waals surface area contributed by atoms with Crippen LogP contribution in [0.1, 0.15) is 30.7 Å². The van der Waals surface area contributed by atoms with Gasteiger partial charge in [-0.25, -0.2) is 14.6 Å². The number of hydrogen-bond acceptors (Lipinski definition) is 6. The molecule has 3 aromatic rings. The van der Waals surface area contributed by atoms with Gasteiger partial charge in [0.15, 0.2) is 0 Å². The normalized spacial score (nSPS) is 13.2. The Morgan fingerprint density at radius 2 is 1.86 bits per heavy atom. The molecule has 148 valence electrons. The van der Waals surface area contributed by atoms with Gasteiger partial charge in [-0.15, -0.1) is 0 Å². The maximum absolute atomic E-state index is 12.6. The molecule has 3 aromatic heterocycles. The fourth-order valence-corrected chi connectivity index (χ4v) is 3.48. The lowest BCUT2D eigenvalue weighted by molar-refractivity contribution is -0.123. The summed E-state index contributed by atoms with van der Waals surface area (Å²) in [6, 6.07) is 5.65. The van der Waals surface area contributed by atoms with Crippen molar-refractivity contribution in [1.82, 2.24) is 24.7 Å². The van der Waals surface area contributed by atoms with Crippen molar-refractivity contribution in [2.24, 2.45) is 0 Å². The molecule has 0 aromatic carbocycles. The zero-order valence-electron chi connectivity index (χ0n) is 16.3. The fraction of sp³-hybridized carbons (Fsp3) is 0.333. The molecular weight excluding hydrogens is 368 g/mol. The first-order valence-electron chi connectivity index (χ1n) is 9.67. The van der Waals surface area contributed by atoms with Crippen molar-refractivity contribution in [3.05, 3.63) is 54.5 Å². The van der Waals surface area contributed by atoms with Gasteiger partial charge in [-0.05, 0) is 19.4 Å². The second-order valence-electron chi connectivity index (χ2n) is 7.15. The molecule has 0 N–H and O–H groups in total. The molecule has 0 radical (unpaired) electrons. The number of fused-ring (bicyclic) bond motifs is 1. The SMILES string of the molecule is Cc1cc2n(n1)CCCN2C(=O)CCC(=O)Cc1ccc(-c2cncnc2)cn1. The van der Waals surface area contributed by atoms with E-state index in [9.17, 15) is 9.59 Å². The summed E-state index contributed by atoms with van der Waals surface area (Å²) < 4.78 is 1.86. The summed E-state index contributed by atoms with van der Waals surface area (Å²) >= 11 is 0. The largest absolute Gasteiger partial charge is 0.299 e. The first-order valence-corrected chi connectivity index (χ1v) is 9.67. The van der Waals surface area contributed by atoms with E-state index in [-0.39, 0.29) is 31.0 Å². The van der Waals surface area contributed by atoms with E-state index in [1.807, 2.05) is 29.8 Å². The van der Waals surface area contributed by atoms with Crippen LogP contribution in [0.15, 0.2) is 43.1 Å². The second-order valence-corrected chi connectivity index (χ2v) is 7.15. The van der Waals surface area contributed by atoms with Gasteiger partial charge in [-0.2, -0.15) is 5.10 Å². The van der Waals surface area contributed by atoms with Crippen LogP contribution in [0.5, 0.6) is 0 Å². The van der Waals surface area contributed by atoms with Gasteiger partial charge < -0.3 is 0 Å². The molecule has 0 atom stereocenters. The van der Waals surface area contributed by atoms with Crippen molar-refractivity contribution < 1.29 is 9.59 Å². The summed E-state index contributed by atoms with van der Waals surface area (Å²) in [5.41, 5.74) is 3.36. The zero-order valence-corrected chi connectivity index (χ0v) is 16.3. The summed E-state index contributed by atoms with van der Waals surface area (Å²) in [5, 5.41) is 4.40. The number of anilines is 1. The summed E-state index contributed by atoms with van der Waals surface area (Å²) in [4.78, 5) is 39.1. The number of ketones is 1. The van der Waals surface area contributed by atoms with Gasteiger partial charge in [0.1, 0.15) is 17.9 Å². The van der Waals surface area contributed by atoms with Crippen LogP contribution in [0, 0.1) is 6.92 Å². The molecule has 8 nitrogen and oxygen atoms in total. The number of rotatable bonds is 6. The molecule has 0 saturated carbocycles. The summed E-state index contributed by atoms with van der Waals surface area (Å²) in [5.74, 6) is 0.795. The third kappa shape index (κ3) is 4.37. The molecule has 4 rings (SSSR count). The number of aromatic nitrogens is 5. The Hall–Kier alpha value is -3.42. The lowest BCUT2D eigenvalue weighted by atomic mass is 10.1. The van der Waals surface area contributed by atoms with Crippen LogP contribution in [-0.4, -0.2) is 43.0 Å². The lowest BCUT2D eigenvalue weighted by Crippen LogP contribution is -2.37. The maximum Gasteiger partial charge on any atom is 0.228 e. The average Bonchev–Trinajstić information content (AvgIpc) is 3.13. The van der Waals surface area contributed by atoms with Crippen molar-refractivity contribution in [2.45, 2.75) is 39.2 Å². The highest BCUT2D eigenvalue weighted by Crippen LogP contribution is 2.23. The minimum absolute atomic E-state index is 0.00309. The van der Waals surface area contributed by atoms with E-state index >= 15 is 0 Å². The van der Waals surface area contributed by atoms with Crippen LogP contribution in [0.2, 0.25) is 0 Å². The highest BCUT2D eigenvalue weighted by atomic mass is 16.2. The van der Waals surface area contributed by atoms with E-state index in [0.717, 1.165) is 35.6 Å². The number of pyridine rings is 1. The fourth-order valence-electron chi connectivity index (χ4n) is 3.48. The Balaban J connectivity index is 1.32. The first-order chi connectivity index (χ1) is 14.1. The second kappa shape index (κ2) is 8.30. The molecule has 1 amide bonds. The minimum atomic E-state index is -0.0356. The van der Waals surface area contributed by atoms with E-state index in [1.54, 1.807) is 23.5 Å². The summed E-state index contributed by atoms with van der Waals surface area (Å²) in [6.07, 6.45) is 8.12. The van der Waals surface area contributed by atoms with E-state index in [0.29, 0.717) is 12.2 Å². The number of Topliss-reactive ketones (excluding diaryl/α,β-unsaturated/α-hetero) is 1. The molecule has 0 fully saturated rings. The third-order valence-electron chi connectivity index (χ3n) is 4.92. The third-order valence-corrected chi connectivity index (χ3v) is 4.92. The Kier molecular flexibility index (Phi) is 5.41. The molecular formula is C21H22N6O2.